The van der Waals surface area contributed by atoms with Crippen LogP contribution in [0.2, 0.25) is 0 Å². The highest BCUT2D eigenvalue weighted by molar-refractivity contribution is 5.82. The zero-order valence-electron chi connectivity index (χ0n) is 8.97. The normalized spacial score (nSPS) is 21.9. The summed E-state index contributed by atoms with van der Waals surface area (Å²) in [6, 6.07) is -0.195. The van der Waals surface area contributed by atoms with Crippen LogP contribution < -0.4 is 10.6 Å². The lowest BCUT2D eigenvalue weighted by Gasteiger charge is -2.29. The fraction of sp³-hybridized carbons (Fsp3) is 0.900. The molecule has 0 heterocycles. The largest absolute Gasteiger partial charge is 0.394 e. The summed E-state index contributed by atoms with van der Waals surface area (Å²) in [6.07, 6.45) is 3.97. The quantitative estimate of drug-likeness (QED) is 0.599. The first-order valence-electron chi connectivity index (χ1n) is 5.24. The Kier molecular flexibility index (Phi) is 3.89. The number of carbonyl (C=O) groups is 1. The van der Waals surface area contributed by atoms with Crippen molar-refractivity contribution in [3.05, 3.63) is 0 Å². The first-order chi connectivity index (χ1) is 6.63. The summed E-state index contributed by atoms with van der Waals surface area (Å²) in [5.74, 6) is -0.0246. The number of carbonyl (C=O) groups excluding carboxylic acids is 1. The number of amides is 1. The van der Waals surface area contributed by atoms with Gasteiger partial charge in [0.1, 0.15) is 0 Å². The van der Waals surface area contributed by atoms with Crippen molar-refractivity contribution >= 4 is 5.91 Å². The van der Waals surface area contributed by atoms with E-state index in [1.807, 2.05) is 6.92 Å². The standard InChI is InChI=1S/C10H20N2O2/c1-8(11-2)9(14)12-10(7-13)5-3-4-6-10/h8,11,13H,3-7H2,1-2H3,(H,12,14). The lowest BCUT2D eigenvalue weighted by molar-refractivity contribution is -0.125. The summed E-state index contributed by atoms with van der Waals surface area (Å²) < 4.78 is 0. The van der Waals surface area contributed by atoms with Gasteiger partial charge in [0.05, 0.1) is 18.2 Å². The molecule has 82 valence electrons. The van der Waals surface area contributed by atoms with Gasteiger partial charge in [-0.3, -0.25) is 4.79 Å². The Morgan fingerprint density at radius 3 is 2.50 bits per heavy atom. The Hall–Kier alpha value is -0.610. The zero-order valence-corrected chi connectivity index (χ0v) is 8.97. The molecule has 0 bridgehead atoms. The monoisotopic (exact) mass is 200 g/mol. The molecule has 14 heavy (non-hydrogen) atoms. The van der Waals surface area contributed by atoms with Crippen molar-refractivity contribution in [1.82, 2.24) is 10.6 Å². The van der Waals surface area contributed by atoms with E-state index in [1.165, 1.54) is 0 Å². The van der Waals surface area contributed by atoms with Gasteiger partial charge in [-0.15, -0.1) is 0 Å². The molecule has 0 aromatic rings. The van der Waals surface area contributed by atoms with Crippen LogP contribution in [-0.4, -0.2) is 36.2 Å². The van der Waals surface area contributed by atoms with Crippen LogP contribution in [0.15, 0.2) is 0 Å². The van der Waals surface area contributed by atoms with Gasteiger partial charge in [0.25, 0.3) is 0 Å². The van der Waals surface area contributed by atoms with Gasteiger partial charge in [-0.1, -0.05) is 12.8 Å². The molecule has 4 heteroatoms. The minimum Gasteiger partial charge on any atom is -0.394 e. The van der Waals surface area contributed by atoms with Crippen molar-refractivity contribution in [2.24, 2.45) is 0 Å². The van der Waals surface area contributed by atoms with Crippen molar-refractivity contribution in [2.45, 2.75) is 44.2 Å². The third kappa shape index (κ3) is 2.45. The number of likely N-dealkylation sites (N-methyl/N-ethyl adjacent to an activating group) is 1. The summed E-state index contributed by atoms with van der Waals surface area (Å²) in [5.41, 5.74) is -0.345. The molecule has 0 aromatic heterocycles. The molecule has 0 aromatic carbocycles. The van der Waals surface area contributed by atoms with Crippen molar-refractivity contribution in [2.75, 3.05) is 13.7 Å². The molecule has 0 saturated heterocycles. The second-order valence-corrected chi connectivity index (χ2v) is 4.15. The molecule has 1 fully saturated rings. The van der Waals surface area contributed by atoms with Crippen LogP contribution in [0.1, 0.15) is 32.6 Å². The number of nitrogens with one attached hydrogen (secondary N) is 2. The Bertz CT molecular complexity index is 200. The Morgan fingerprint density at radius 1 is 1.50 bits per heavy atom. The van der Waals surface area contributed by atoms with Crippen LogP contribution >= 0.6 is 0 Å². The van der Waals surface area contributed by atoms with Gasteiger partial charge >= 0.3 is 0 Å². The van der Waals surface area contributed by atoms with Gasteiger partial charge in [-0.05, 0) is 26.8 Å². The van der Waals surface area contributed by atoms with Gasteiger partial charge in [0.15, 0.2) is 0 Å². The maximum atomic E-state index is 11.6. The molecule has 1 aliphatic rings. The summed E-state index contributed by atoms with van der Waals surface area (Å²) in [6.45, 7) is 1.87. The fourth-order valence-corrected chi connectivity index (χ4v) is 1.88. The predicted molar refractivity (Wildman–Crippen MR) is 54.9 cm³/mol. The maximum absolute atomic E-state index is 11.6. The molecule has 1 amide bonds. The van der Waals surface area contributed by atoms with Crippen LogP contribution in [0.4, 0.5) is 0 Å². The van der Waals surface area contributed by atoms with Crippen molar-refractivity contribution in [3.63, 3.8) is 0 Å². The summed E-state index contributed by atoms with van der Waals surface area (Å²) in [4.78, 5) is 11.6. The average molecular weight is 200 g/mol. The van der Waals surface area contributed by atoms with E-state index in [-0.39, 0.29) is 24.1 Å². The van der Waals surface area contributed by atoms with Crippen LogP contribution in [-0.2, 0) is 4.79 Å². The summed E-state index contributed by atoms with van der Waals surface area (Å²) >= 11 is 0. The molecule has 1 atom stereocenters. The fourth-order valence-electron chi connectivity index (χ4n) is 1.88. The van der Waals surface area contributed by atoms with E-state index in [0.29, 0.717) is 0 Å². The minimum atomic E-state index is -0.345. The molecule has 1 saturated carbocycles. The highest BCUT2D eigenvalue weighted by Crippen LogP contribution is 2.29. The molecule has 1 aliphatic carbocycles. The third-order valence-corrected chi connectivity index (χ3v) is 3.08. The highest BCUT2D eigenvalue weighted by Gasteiger charge is 2.35. The lowest BCUT2D eigenvalue weighted by atomic mass is 9.98. The molecular weight excluding hydrogens is 180 g/mol. The van der Waals surface area contributed by atoms with Crippen LogP contribution in [0.5, 0.6) is 0 Å². The average Bonchev–Trinajstić information content (AvgIpc) is 2.65. The second kappa shape index (κ2) is 4.75. The van der Waals surface area contributed by atoms with Gasteiger partial charge in [-0.2, -0.15) is 0 Å². The smallest absolute Gasteiger partial charge is 0.237 e. The van der Waals surface area contributed by atoms with E-state index in [9.17, 15) is 9.90 Å². The Balaban J connectivity index is 2.52. The number of aliphatic hydroxyl groups is 1. The first-order valence-corrected chi connectivity index (χ1v) is 5.24. The van der Waals surface area contributed by atoms with Crippen molar-refractivity contribution in [3.8, 4) is 0 Å². The maximum Gasteiger partial charge on any atom is 0.237 e. The molecule has 0 radical (unpaired) electrons. The van der Waals surface area contributed by atoms with E-state index < -0.39 is 0 Å². The first kappa shape index (κ1) is 11.5. The second-order valence-electron chi connectivity index (χ2n) is 4.15. The third-order valence-electron chi connectivity index (χ3n) is 3.08. The number of rotatable bonds is 4. The van der Waals surface area contributed by atoms with Crippen LogP contribution in [0, 0.1) is 0 Å². The van der Waals surface area contributed by atoms with Gasteiger partial charge in [0.2, 0.25) is 5.91 Å². The number of hydrogen-bond donors (Lipinski definition) is 3. The van der Waals surface area contributed by atoms with Crippen molar-refractivity contribution < 1.29 is 9.90 Å². The Labute approximate surface area is 85.1 Å². The molecule has 1 rings (SSSR count). The van der Waals surface area contributed by atoms with E-state index >= 15 is 0 Å². The molecular formula is C10H20N2O2. The van der Waals surface area contributed by atoms with E-state index in [4.69, 9.17) is 0 Å². The van der Waals surface area contributed by atoms with Gasteiger partial charge < -0.3 is 15.7 Å². The van der Waals surface area contributed by atoms with Crippen LogP contribution in [0.3, 0.4) is 0 Å². The number of hydrogen-bond acceptors (Lipinski definition) is 3. The highest BCUT2D eigenvalue weighted by atomic mass is 16.3. The predicted octanol–water partition coefficient (Wildman–Crippen LogP) is 0.0156. The molecule has 0 spiro atoms. The lowest BCUT2D eigenvalue weighted by Crippen LogP contribution is -2.54. The van der Waals surface area contributed by atoms with Crippen molar-refractivity contribution in [1.29, 1.82) is 0 Å². The van der Waals surface area contributed by atoms with E-state index in [0.717, 1.165) is 25.7 Å². The van der Waals surface area contributed by atoms with E-state index in [1.54, 1.807) is 7.05 Å². The van der Waals surface area contributed by atoms with Gasteiger partial charge in [0, 0.05) is 0 Å². The summed E-state index contributed by atoms with van der Waals surface area (Å²) in [7, 11) is 1.75. The zero-order chi connectivity index (χ0) is 10.6. The molecule has 0 aliphatic heterocycles. The molecule has 4 nitrogen and oxygen atoms in total. The van der Waals surface area contributed by atoms with E-state index in [2.05, 4.69) is 10.6 Å². The molecule has 1 unspecified atom stereocenters. The molecule has 3 N–H and O–H groups in total. The minimum absolute atomic E-state index is 0.0246. The topological polar surface area (TPSA) is 61.4 Å². The number of aliphatic hydroxyl groups excluding tert-OH is 1. The summed E-state index contributed by atoms with van der Waals surface area (Å²) in [5, 5.41) is 15.1. The van der Waals surface area contributed by atoms with Gasteiger partial charge in [-0.25, -0.2) is 0 Å². The Morgan fingerprint density at radius 2 is 2.07 bits per heavy atom. The SMILES string of the molecule is CNC(C)C(=O)NC1(CO)CCCC1. The van der Waals surface area contributed by atoms with Crippen LogP contribution in [0.25, 0.3) is 0 Å².